The summed E-state index contributed by atoms with van der Waals surface area (Å²) in [6, 6.07) is -0.671. The van der Waals surface area contributed by atoms with Crippen molar-refractivity contribution in [1.29, 1.82) is 0 Å². The Morgan fingerprint density at radius 2 is 2.17 bits per heavy atom. The van der Waals surface area contributed by atoms with Gasteiger partial charge in [0.2, 0.25) is 0 Å². The summed E-state index contributed by atoms with van der Waals surface area (Å²) in [6.07, 6.45) is -0.683. The second-order valence-corrected chi connectivity index (χ2v) is 4.80. The Kier molecular flexibility index (Phi) is 3.58. The average Bonchev–Trinajstić information content (AvgIpc) is 2.61. The molecule has 0 spiro atoms. The molecule has 2 rings (SSSR count). The maximum absolute atomic E-state index is 11.7. The largest absolute Gasteiger partial charge is 0.396 e. The van der Waals surface area contributed by atoms with Crippen molar-refractivity contribution in [2.45, 2.75) is 24.7 Å². The van der Waals surface area contributed by atoms with Gasteiger partial charge in [-0.3, -0.25) is 4.57 Å². The highest BCUT2D eigenvalue weighted by Crippen LogP contribution is 2.34. The monoisotopic (exact) mass is 275 g/mol. The summed E-state index contributed by atoms with van der Waals surface area (Å²) < 4.78 is 1.14. The van der Waals surface area contributed by atoms with E-state index in [4.69, 9.17) is 22.4 Å². The molecule has 1 aromatic heterocycles. The van der Waals surface area contributed by atoms with Crippen molar-refractivity contribution in [3.8, 4) is 0 Å². The first-order valence-corrected chi connectivity index (χ1v) is 5.84. The van der Waals surface area contributed by atoms with Crippen LogP contribution in [0.5, 0.6) is 0 Å². The lowest BCUT2D eigenvalue weighted by Gasteiger charge is -2.18. The Hall–Kier alpha value is -1.15. The van der Waals surface area contributed by atoms with Gasteiger partial charge in [0.1, 0.15) is 11.9 Å². The number of anilines is 1. The van der Waals surface area contributed by atoms with Gasteiger partial charge in [-0.05, 0) is 6.42 Å². The first kappa shape index (κ1) is 13.3. The molecule has 0 saturated heterocycles. The predicted molar refractivity (Wildman–Crippen MR) is 64.2 cm³/mol. The average molecular weight is 276 g/mol. The number of hydrogen-bond donors (Lipinski definition) is 4. The number of nitrogens with zero attached hydrogens (tertiary/aromatic N) is 2. The van der Waals surface area contributed by atoms with Gasteiger partial charge < -0.3 is 21.1 Å². The van der Waals surface area contributed by atoms with E-state index in [9.17, 15) is 15.0 Å². The van der Waals surface area contributed by atoms with Gasteiger partial charge in [-0.2, -0.15) is 4.98 Å². The van der Waals surface area contributed by atoms with E-state index >= 15 is 0 Å². The molecular weight excluding hydrogens is 262 g/mol. The highest BCUT2D eigenvalue weighted by Gasteiger charge is 2.42. The summed E-state index contributed by atoms with van der Waals surface area (Å²) in [4.78, 5) is 15.2. The van der Waals surface area contributed by atoms with E-state index < -0.39 is 29.9 Å². The zero-order chi connectivity index (χ0) is 13.4. The van der Waals surface area contributed by atoms with Gasteiger partial charge in [-0.25, -0.2) is 4.79 Å². The first-order valence-electron chi connectivity index (χ1n) is 5.47. The van der Waals surface area contributed by atoms with Crippen LogP contribution < -0.4 is 11.4 Å². The molecule has 1 heterocycles. The van der Waals surface area contributed by atoms with Crippen molar-refractivity contribution in [3.05, 3.63) is 21.7 Å². The number of nitrogens with two attached hydrogens (primary N) is 1. The molecule has 0 aromatic carbocycles. The second-order valence-electron chi connectivity index (χ2n) is 4.39. The smallest absolute Gasteiger partial charge is 0.349 e. The zero-order valence-corrected chi connectivity index (χ0v) is 10.2. The normalized spacial score (nSPS) is 31.8. The highest BCUT2D eigenvalue weighted by molar-refractivity contribution is 6.32. The van der Waals surface area contributed by atoms with Gasteiger partial charge in [-0.1, -0.05) is 11.6 Å². The van der Waals surface area contributed by atoms with Crippen LogP contribution in [0.2, 0.25) is 5.02 Å². The molecule has 5 N–H and O–H groups in total. The number of rotatable bonds is 2. The molecule has 1 aliphatic rings. The first-order chi connectivity index (χ1) is 8.45. The van der Waals surface area contributed by atoms with E-state index in [0.717, 1.165) is 4.57 Å². The Balaban J connectivity index is 2.39. The maximum Gasteiger partial charge on any atom is 0.349 e. The number of nitrogen functional groups attached to an aromatic ring is 1. The van der Waals surface area contributed by atoms with E-state index in [2.05, 4.69) is 4.98 Å². The number of aliphatic hydroxyl groups is 3. The van der Waals surface area contributed by atoms with Crippen molar-refractivity contribution >= 4 is 17.4 Å². The van der Waals surface area contributed by atoms with Crippen molar-refractivity contribution in [1.82, 2.24) is 9.55 Å². The zero-order valence-electron chi connectivity index (χ0n) is 9.40. The van der Waals surface area contributed by atoms with E-state index in [1.165, 1.54) is 6.20 Å². The fraction of sp³-hybridized carbons (Fsp3) is 0.600. The molecule has 1 saturated carbocycles. The van der Waals surface area contributed by atoms with E-state index in [0.29, 0.717) is 0 Å². The molecule has 1 aliphatic carbocycles. The van der Waals surface area contributed by atoms with E-state index in [1.54, 1.807) is 0 Å². The number of aromatic nitrogens is 2. The molecule has 7 nitrogen and oxygen atoms in total. The lowest BCUT2D eigenvalue weighted by atomic mass is 10.1. The molecular formula is C10H14ClN3O4. The summed E-state index contributed by atoms with van der Waals surface area (Å²) >= 11 is 5.78. The molecule has 0 radical (unpaired) electrons. The molecule has 18 heavy (non-hydrogen) atoms. The van der Waals surface area contributed by atoms with Crippen LogP contribution in [0.3, 0.4) is 0 Å². The van der Waals surface area contributed by atoms with Gasteiger partial charge in [0, 0.05) is 18.7 Å². The molecule has 0 aliphatic heterocycles. The summed E-state index contributed by atoms with van der Waals surface area (Å²) in [5.74, 6) is -0.558. The predicted octanol–water partition coefficient (Wildman–Crippen LogP) is -1.25. The molecule has 100 valence electrons. The minimum atomic E-state index is -1.15. The Labute approximate surface area is 107 Å². The van der Waals surface area contributed by atoms with Crippen LogP contribution in [-0.2, 0) is 0 Å². The summed E-state index contributed by atoms with van der Waals surface area (Å²) in [5, 5.41) is 28.7. The quantitative estimate of drug-likeness (QED) is 0.535. The minimum absolute atomic E-state index is 0.0790. The maximum atomic E-state index is 11.7. The van der Waals surface area contributed by atoms with Crippen LogP contribution in [0.4, 0.5) is 5.82 Å². The Bertz CT molecular complexity index is 506. The number of aliphatic hydroxyl groups excluding tert-OH is 3. The molecule has 1 aromatic rings. The van der Waals surface area contributed by atoms with Gasteiger partial charge in [0.05, 0.1) is 17.2 Å². The lowest BCUT2D eigenvalue weighted by Crippen LogP contribution is -2.35. The van der Waals surface area contributed by atoms with Crippen molar-refractivity contribution in [2.75, 3.05) is 12.3 Å². The van der Waals surface area contributed by atoms with Gasteiger partial charge in [0.15, 0.2) is 0 Å². The third-order valence-electron chi connectivity index (χ3n) is 3.30. The van der Waals surface area contributed by atoms with Crippen LogP contribution in [0.1, 0.15) is 12.5 Å². The van der Waals surface area contributed by atoms with E-state index in [1.807, 2.05) is 0 Å². The van der Waals surface area contributed by atoms with E-state index in [-0.39, 0.29) is 23.9 Å². The molecule has 1 fully saturated rings. The van der Waals surface area contributed by atoms with Gasteiger partial charge >= 0.3 is 5.69 Å². The Morgan fingerprint density at radius 3 is 2.72 bits per heavy atom. The fourth-order valence-electron chi connectivity index (χ4n) is 2.25. The van der Waals surface area contributed by atoms with Crippen molar-refractivity contribution in [3.63, 3.8) is 0 Å². The standard InChI is InChI=1S/C10H14ClN3O4/c11-5-2-14(10(18)13-9(5)12)6-1-4(3-15)7(16)8(6)17/h2,4,6-8,15-17H,1,3H2,(H2,12,13,18). The lowest BCUT2D eigenvalue weighted by molar-refractivity contribution is -0.00453. The van der Waals surface area contributed by atoms with Crippen LogP contribution >= 0.6 is 11.6 Å². The minimum Gasteiger partial charge on any atom is -0.396 e. The molecule has 0 bridgehead atoms. The highest BCUT2D eigenvalue weighted by atomic mass is 35.5. The number of halogens is 1. The second kappa shape index (κ2) is 4.85. The van der Waals surface area contributed by atoms with Crippen LogP contribution in [0.25, 0.3) is 0 Å². The van der Waals surface area contributed by atoms with Gasteiger partial charge in [0.25, 0.3) is 0 Å². The summed E-state index contributed by atoms with van der Waals surface area (Å²) in [6.45, 7) is -0.264. The Morgan fingerprint density at radius 1 is 1.50 bits per heavy atom. The fourth-order valence-corrected chi connectivity index (χ4v) is 2.40. The molecule has 4 unspecified atom stereocenters. The van der Waals surface area contributed by atoms with Crippen LogP contribution in [-0.4, -0.2) is 43.7 Å². The van der Waals surface area contributed by atoms with Crippen molar-refractivity contribution in [2.24, 2.45) is 5.92 Å². The SMILES string of the molecule is Nc1nc(=O)n(C2CC(CO)C(O)C2O)cc1Cl. The van der Waals surface area contributed by atoms with Crippen LogP contribution in [0.15, 0.2) is 11.0 Å². The molecule has 0 amide bonds. The van der Waals surface area contributed by atoms with Gasteiger partial charge in [-0.15, -0.1) is 0 Å². The molecule has 4 atom stereocenters. The van der Waals surface area contributed by atoms with Crippen molar-refractivity contribution < 1.29 is 15.3 Å². The third kappa shape index (κ3) is 2.10. The molecule has 8 heteroatoms. The summed E-state index contributed by atoms with van der Waals surface area (Å²) in [7, 11) is 0. The summed E-state index contributed by atoms with van der Waals surface area (Å²) in [5.41, 5.74) is 4.75. The third-order valence-corrected chi connectivity index (χ3v) is 3.59. The number of hydrogen-bond acceptors (Lipinski definition) is 6. The van der Waals surface area contributed by atoms with Crippen LogP contribution in [0, 0.1) is 5.92 Å². The topological polar surface area (TPSA) is 122 Å².